The zero-order valence-electron chi connectivity index (χ0n) is 14.6. The largest absolute Gasteiger partial charge is 0.497 e. The highest BCUT2D eigenvalue weighted by atomic mass is 16.5. The second-order valence-electron chi connectivity index (χ2n) is 5.82. The molecule has 23 heavy (non-hydrogen) atoms. The Balaban J connectivity index is 2.00. The maximum Gasteiger partial charge on any atom is 0.118 e. The Bertz CT molecular complexity index is 634. The molecule has 2 aromatic rings. The van der Waals surface area contributed by atoms with Gasteiger partial charge in [-0.1, -0.05) is 12.1 Å². The quantitative estimate of drug-likeness (QED) is 0.824. The minimum atomic E-state index is -0.551. The normalized spacial score (nSPS) is 13.8. The number of aliphatic hydroxyl groups excluding tert-OH is 1. The Morgan fingerprint density at radius 1 is 1.26 bits per heavy atom. The number of benzene rings is 1. The van der Waals surface area contributed by atoms with Gasteiger partial charge in [0.2, 0.25) is 0 Å². The van der Waals surface area contributed by atoms with Crippen LogP contribution in [0.3, 0.4) is 0 Å². The molecule has 2 N–H and O–H groups in total. The second-order valence-corrected chi connectivity index (χ2v) is 5.82. The third-order valence-corrected chi connectivity index (χ3v) is 4.29. The molecule has 0 radical (unpaired) electrons. The number of methoxy groups -OCH3 is 1. The Kier molecular flexibility index (Phi) is 5.80. The molecule has 0 spiro atoms. The van der Waals surface area contributed by atoms with Crippen LogP contribution in [0.4, 0.5) is 0 Å². The number of aromatic nitrogens is 2. The lowest BCUT2D eigenvalue weighted by atomic mass is 10.0. The highest BCUT2D eigenvalue weighted by Gasteiger charge is 2.18. The van der Waals surface area contributed by atoms with Crippen LogP contribution in [0, 0.1) is 13.8 Å². The average Bonchev–Trinajstić information content (AvgIpc) is 2.86. The minimum Gasteiger partial charge on any atom is -0.497 e. The van der Waals surface area contributed by atoms with E-state index in [1.807, 2.05) is 35.9 Å². The Labute approximate surface area is 138 Å². The smallest absolute Gasteiger partial charge is 0.118 e. The first-order chi connectivity index (χ1) is 11.0. The summed E-state index contributed by atoms with van der Waals surface area (Å²) in [6, 6.07) is 7.65. The number of ether oxygens (including phenoxy) is 1. The van der Waals surface area contributed by atoms with Crippen molar-refractivity contribution in [3.05, 3.63) is 46.8 Å². The number of hydrogen-bond donors (Lipinski definition) is 2. The maximum atomic E-state index is 10.3. The first kappa shape index (κ1) is 17.5. The molecule has 0 bridgehead atoms. The van der Waals surface area contributed by atoms with Crippen molar-refractivity contribution in [1.29, 1.82) is 0 Å². The monoisotopic (exact) mass is 317 g/mol. The summed E-state index contributed by atoms with van der Waals surface area (Å²) in [7, 11) is 1.63. The van der Waals surface area contributed by atoms with Crippen LogP contribution >= 0.6 is 0 Å². The molecule has 0 saturated carbocycles. The summed E-state index contributed by atoms with van der Waals surface area (Å²) in [5.74, 6) is 0.792. The number of nitrogens with zero attached hydrogens (tertiary/aromatic N) is 2. The van der Waals surface area contributed by atoms with Gasteiger partial charge in [-0.3, -0.25) is 4.68 Å². The van der Waals surface area contributed by atoms with Gasteiger partial charge < -0.3 is 15.2 Å². The number of rotatable bonds is 7. The van der Waals surface area contributed by atoms with E-state index in [0.717, 1.165) is 23.6 Å². The van der Waals surface area contributed by atoms with Crippen molar-refractivity contribution < 1.29 is 9.84 Å². The molecule has 0 aliphatic carbocycles. The van der Waals surface area contributed by atoms with Crippen molar-refractivity contribution in [2.75, 3.05) is 13.7 Å². The molecular formula is C18H27N3O2. The molecule has 2 unspecified atom stereocenters. The Morgan fingerprint density at radius 2 is 1.91 bits per heavy atom. The highest BCUT2D eigenvalue weighted by molar-refractivity contribution is 5.29. The first-order valence-electron chi connectivity index (χ1n) is 8.07. The van der Waals surface area contributed by atoms with E-state index in [1.165, 1.54) is 11.3 Å². The van der Waals surface area contributed by atoms with Gasteiger partial charge in [0, 0.05) is 30.4 Å². The van der Waals surface area contributed by atoms with E-state index in [2.05, 4.69) is 31.2 Å². The van der Waals surface area contributed by atoms with Gasteiger partial charge in [0.25, 0.3) is 0 Å². The standard InChI is InChI=1S/C18H27N3O2/c1-6-21-14(4)18(13(3)20-21)12(2)19-11-17(22)15-7-9-16(23-5)10-8-15/h7-10,12,17,19,22H,6,11H2,1-5H3. The van der Waals surface area contributed by atoms with E-state index in [9.17, 15) is 5.11 Å². The minimum absolute atomic E-state index is 0.142. The molecular weight excluding hydrogens is 290 g/mol. The lowest BCUT2D eigenvalue weighted by Crippen LogP contribution is -2.25. The summed E-state index contributed by atoms with van der Waals surface area (Å²) in [6.45, 7) is 9.69. The number of aryl methyl sites for hydroxylation is 2. The van der Waals surface area contributed by atoms with Crippen molar-refractivity contribution in [3.63, 3.8) is 0 Å². The van der Waals surface area contributed by atoms with Crippen LogP contribution in [0.15, 0.2) is 24.3 Å². The molecule has 126 valence electrons. The fourth-order valence-electron chi connectivity index (χ4n) is 2.98. The van der Waals surface area contributed by atoms with E-state index < -0.39 is 6.10 Å². The lowest BCUT2D eigenvalue weighted by molar-refractivity contribution is 0.170. The summed E-state index contributed by atoms with van der Waals surface area (Å²) in [5.41, 5.74) is 4.32. The van der Waals surface area contributed by atoms with Crippen molar-refractivity contribution >= 4 is 0 Å². The van der Waals surface area contributed by atoms with Gasteiger partial charge in [-0.05, 0) is 45.4 Å². The average molecular weight is 317 g/mol. The molecule has 1 aromatic carbocycles. The van der Waals surface area contributed by atoms with Crippen LogP contribution < -0.4 is 10.1 Å². The van der Waals surface area contributed by atoms with Gasteiger partial charge in [0.05, 0.1) is 18.9 Å². The van der Waals surface area contributed by atoms with Crippen LogP contribution in [0.25, 0.3) is 0 Å². The van der Waals surface area contributed by atoms with Crippen molar-refractivity contribution in [2.45, 2.75) is 46.4 Å². The van der Waals surface area contributed by atoms with E-state index in [-0.39, 0.29) is 6.04 Å². The highest BCUT2D eigenvalue weighted by Crippen LogP contribution is 2.23. The third kappa shape index (κ3) is 3.92. The van der Waals surface area contributed by atoms with Crippen LogP contribution in [-0.4, -0.2) is 28.5 Å². The summed E-state index contributed by atoms with van der Waals surface area (Å²) in [5, 5.41) is 18.3. The predicted octanol–water partition coefficient (Wildman–Crippen LogP) is 2.91. The van der Waals surface area contributed by atoms with Crippen molar-refractivity contribution in [3.8, 4) is 5.75 Å². The molecule has 5 nitrogen and oxygen atoms in total. The lowest BCUT2D eigenvalue weighted by Gasteiger charge is -2.18. The maximum absolute atomic E-state index is 10.3. The van der Waals surface area contributed by atoms with Gasteiger partial charge in [0.15, 0.2) is 0 Å². The van der Waals surface area contributed by atoms with Gasteiger partial charge >= 0.3 is 0 Å². The number of aliphatic hydroxyl groups is 1. The fraction of sp³-hybridized carbons (Fsp3) is 0.500. The molecule has 0 amide bonds. The molecule has 0 fully saturated rings. The second kappa shape index (κ2) is 7.62. The molecule has 1 heterocycles. The molecule has 0 aliphatic heterocycles. The van der Waals surface area contributed by atoms with E-state index >= 15 is 0 Å². The van der Waals surface area contributed by atoms with E-state index in [4.69, 9.17) is 4.74 Å². The molecule has 0 saturated heterocycles. The zero-order chi connectivity index (χ0) is 17.0. The van der Waals surface area contributed by atoms with Crippen LogP contribution in [0.2, 0.25) is 0 Å². The molecule has 5 heteroatoms. The fourth-order valence-corrected chi connectivity index (χ4v) is 2.98. The van der Waals surface area contributed by atoms with E-state index in [1.54, 1.807) is 7.11 Å². The predicted molar refractivity (Wildman–Crippen MR) is 91.7 cm³/mol. The van der Waals surface area contributed by atoms with Gasteiger partial charge in [-0.15, -0.1) is 0 Å². The molecule has 2 rings (SSSR count). The third-order valence-electron chi connectivity index (χ3n) is 4.29. The van der Waals surface area contributed by atoms with Gasteiger partial charge in [0.1, 0.15) is 5.75 Å². The van der Waals surface area contributed by atoms with Gasteiger partial charge in [-0.25, -0.2) is 0 Å². The molecule has 1 aromatic heterocycles. The first-order valence-corrected chi connectivity index (χ1v) is 8.07. The Morgan fingerprint density at radius 3 is 2.43 bits per heavy atom. The number of nitrogens with one attached hydrogen (secondary N) is 1. The van der Waals surface area contributed by atoms with Crippen LogP contribution in [-0.2, 0) is 6.54 Å². The summed E-state index contributed by atoms with van der Waals surface area (Å²) in [6.07, 6.45) is -0.551. The van der Waals surface area contributed by atoms with Crippen molar-refractivity contribution in [2.24, 2.45) is 0 Å². The van der Waals surface area contributed by atoms with Gasteiger partial charge in [-0.2, -0.15) is 5.10 Å². The summed E-state index contributed by atoms with van der Waals surface area (Å²) < 4.78 is 7.15. The van der Waals surface area contributed by atoms with Crippen LogP contribution in [0.5, 0.6) is 5.75 Å². The summed E-state index contributed by atoms with van der Waals surface area (Å²) >= 11 is 0. The molecule has 2 atom stereocenters. The number of hydrogen-bond acceptors (Lipinski definition) is 4. The topological polar surface area (TPSA) is 59.3 Å². The van der Waals surface area contributed by atoms with E-state index in [0.29, 0.717) is 6.54 Å². The summed E-state index contributed by atoms with van der Waals surface area (Å²) in [4.78, 5) is 0. The SMILES string of the molecule is CCn1nc(C)c(C(C)NCC(O)c2ccc(OC)cc2)c1C. The Hall–Kier alpha value is -1.85. The van der Waals surface area contributed by atoms with Crippen molar-refractivity contribution in [1.82, 2.24) is 15.1 Å². The molecule has 0 aliphatic rings. The zero-order valence-corrected chi connectivity index (χ0v) is 14.6. The van der Waals surface area contributed by atoms with Crippen LogP contribution in [0.1, 0.15) is 48.5 Å².